The number of nitrogens with zero attached hydrogens (tertiary/aromatic N) is 2. The molecular weight excluding hydrogens is 543 g/mol. The molecule has 1 saturated carbocycles. The van der Waals surface area contributed by atoms with E-state index in [0.29, 0.717) is 0 Å². The summed E-state index contributed by atoms with van der Waals surface area (Å²) in [7, 11) is 0. The maximum absolute atomic E-state index is 14.5. The lowest BCUT2D eigenvalue weighted by molar-refractivity contribution is -0.145. The molecule has 0 bridgehead atoms. The van der Waals surface area contributed by atoms with Gasteiger partial charge in [-0.1, -0.05) is 53.7 Å². The number of thiazole rings is 1. The number of aryl methyl sites for hydroxylation is 1. The van der Waals surface area contributed by atoms with Gasteiger partial charge in [0.15, 0.2) is 5.67 Å². The topological polar surface area (TPSA) is 112 Å². The van der Waals surface area contributed by atoms with Gasteiger partial charge in [0.1, 0.15) is 12.1 Å². The quantitative estimate of drug-likeness (QED) is 0.440. The minimum absolute atomic E-state index is 0.0370. The van der Waals surface area contributed by atoms with Crippen LogP contribution in [0.15, 0.2) is 23.7 Å². The van der Waals surface area contributed by atoms with Crippen LogP contribution in [0.1, 0.15) is 90.6 Å². The highest BCUT2D eigenvalue weighted by Crippen LogP contribution is 2.41. The predicted octanol–water partition coefficient (Wildman–Crippen LogP) is 4.59. The average molecular weight is 587 g/mol. The normalized spacial score (nSPS) is 21.8. The van der Waals surface area contributed by atoms with Crippen molar-refractivity contribution in [2.45, 2.75) is 110 Å². The van der Waals surface area contributed by atoms with Crippen molar-refractivity contribution in [2.24, 2.45) is 5.41 Å². The van der Waals surface area contributed by atoms with Crippen molar-refractivity contribution in [3.8, 4) is 10.4 Å². The minimum atomic E-state index is -1.93. The molecule has 2 aliphatic rings. The second kappa shape index (κ2) is 11.1. The maximum Gasteiger partial charge on any atom is 0.258 e. The molecule has 1 aromatic heterocycles. The summed E-state index contributed by atoms with van der Waals surface area (Å²) in [4.78, 5) is 46.7. The van der Waals surface area contributed by atoms with Crippen LogP contribution in [0.2, 0.25) is 0 Å². The predicted molar refractivity (Wildman–Crippen MR) is 158 cm³/mol. The number of β-amino-alcohol motifs (C(OH)–C–C–N with tert-alkyl or cyclic N) is 1. The van der Waals surface area contributed by atoms with Gasteiger partial charge in [0.05, 0.1) is 28.2 Å². The first kappa shape index (κ1) is 31.1. The molecule has 0 radical (unpaired) electrons. The summed E-state index contributed by atoms with van der Waals surface area (Å²) in [6.45, 7) is 15.6. The van der Waals surface area contributed by atoms with Gasteiger partial charge in [0, 0.05) is 13.0 Å². The van der Waals surface area contributed by atoms with Crippen LogP contribution in [0.4, 0.5) is 4.39 Å². The van der Waals surface area contributed by atoms with Crippen molar-refractivity contribution in [1.29, 1.82) is 0 Å². The van der Waals surface area contributed by atoms with Gasteiger partial charge in [-0.15, -0.1) is 11.3 Å². The Morgan fingerprint density at radius 3 is 2.34 bits per heavy atom. The molecule has 0 unspecified atom stereocenters. The summed E-state index contributed by atoms with van der Waals surface area (Å²) < 4.78 is 14.5. The van der Waals surface area contributed by atoms with E-state index in [9.17, 15) is 23.9 Å². The van der Waals surface area contributed by atoms with E-state index in [4.69, 9.17) is 0 Å². The van der Waals surface area contributed by atoms with Gasteiger partial charge in [0.25, 0.3) is 5.91 Å². The second-order valence-corrected chi connectivity index (χ2v) is 14.5. The van der Waals surface area contributed by atoms with E-state index in [1.165, 1.54) is 4.90 Å². The molecule has 10 heteroatoms. The van der Waals surface area contributed by atoms with Gasteiger partial charge in [-0.25, -0.2) is 9.37 Å². The Hall–Kier alpha value is -2.85. The molecule has 224 valence electrons. The van der Waals surface area contributed by atoms with Crippen molar-refractivity contribution in [3.63, 3.8) is 0 Å². The fraction of sp³-hybridized carbons (Fsp3) is 0.613. The number of likely N-dealkylation sites (tertiary alicyclic amines) is 1. The summed E-state index contributed by atoms with van der Waals surface area (Å²) in [5.74, 6) is -1.68. The Labute approximate surface area is 246 Å². The van der Waals surface area contributed by atoms with E-state index < -0.39 is 41.1 Å². The van der Waals surface area contributed by atoms with Crippen LogP contribution in [0.25, 0.3) is 10.4 Å². The van der Waals surface area contributed by atoms with Gasteiger partial charge < -0.3 is 20.6 Å². The van der Waals surface area contributed by atoms with E-state index in [2.05, 4.69) is 42.5 Å². The first-order valence-electron chi connectivity index (χ1n) is 14.3. The molecule has 1 aliphatic heterocycles. The van der Waals surface area contributed by atoms with Gasteiger partial charge in [0.2, 0.25) is 11.8 Å². The number of benzene rings is 1. The average Bonchev–Trinajstić information content (AvgIpc) is 3.28. The zero-order valence-electron chi connectivity index (χ0n) is 25.3. The molecule has 4 rings (SSSR count). The number of hydrogen-bond acceptors (Lipinski definition) is 6. The van der Waals surface area contributed by atoms with Crippen LogP contribution in [0.5, 0.6) is 0 Å². The van der Waals surface area contributed by atoms with Crippen LogP contribution in [0, 0.1) is 12.3 Å². The number of aromatic nitrogens is 1. The Morgan fingerprint density at radius 1 is 1.15 bits per heavy atom. The van der Waals surface area contributed by atoms with Crippen molar-refractivity contribution in [2.75, 3.05) is 6.54 Å². The van der Waals surface area contributed by atoms with Crippen LogP contribution >= 0.6 is 11.3 Å². The molecule has 2 fully saturated rings. The number of nitrogens with one attached hydrogen (secondary N) is 2. The van der Waals surface area contributed by atoms with E-state index in [1.807, 2.05) is 31.5 Å². The molecule has 1 aliphatic carbocycles. The number of rotatable bonds is 7. The zero-order valence-corrected chi connectivity index (χ0v) is 26.1. The Kier molecular flexibility index (Phi) is 8.41. The number of carbonyl (C=O) groups excluding carboxylic acids is 3. The SMILES string of the molecule is Cc1ncsc1-c1ccc([C@H](C)NC(=O)[C@@H]2C[C@@H](O)CN2C(=O)[C@@H](NC(=O)C2(F)CC2)C(C)(C)C)c(C(C)(C)C)c1. The number of aliphatic hydroxyl groups is 1. The summed E-state index contributed by atoms with van der Waals surface area (Å²) in [6.07, 6.45) is -0.533. The Balaban J connectivity index is 1.56. The molecular formula is C31H43FN4O4S. The molecule has 8 nitrogen and oxygen atoms in total. The second-order valence-electron chi connectivity index (χ2n) is 13.7. The third-order valence-electron chi connectivity index (χ3n) is 8.04. The molecule has 2 heterocycles. The van der Waals surface area contributed by atoms with Crippen molar-refractivity contribution in [1.82, 2.24) is 20.5 Å². The molecule has 3 amide bonds. The van der Waals surface area contributed by atoms with E-state index >= 15 is 0 Å². The molecule has 41 heavy (non-hydrogen) atoms. The lowest BCUT2D eigenvalue weighted by Crippen LogP contribution is -2.59. The summed E-state index contributed by atoms with van der Waals surface area (Å²) in [5, 5.41) is 16.2. The van der Waals surface area contributed by atoms with Crippen LogP contribution in [-0.4, -0.2) is 63.1 Å². The highest BCUT2D eigenvalue weighted by Gasteiger charge is 2.53. The maximum atomic E-state index is 14.5. The first-order valence-corrected chi connectivity index (χ1v) is 15.1. The number of hydrogen-bond donors (Lipinski definition) is 3. The van der Waals surface area contributed by atoms with Gasteiger partial charge in [-0.2, -0.15) is 0 Å². The minimum Gasteiger partial charge on any atom is -0.391 e. The Morgan fingerprint density at radius 2 is 1.80 bits per heavy atom. The number of carbonyl (C=O) groups is 3. The molecule has 2 aromatic rings. The van der Waals surface area contributed by atoms with Crippen LogP contribution in [-0.2, 0) is 19.8 Å². The fourth-order valence-corrected chi connectivity index (χ4v) is 6.21. The lowest BCUT2D eigenvalue weighted by atomic mass is 9.81. The fourth-order valence-electron chi connectivity index (χ4n) is 5.41. The van der Waals surface area contributed by atoms with Crippen molar-refractivity contribution in [3.05, 3.63) is 40.5 Å². The zero-order chi connectivity index (χ0) is 30.5. The lowest BCUT2D eigenvalue weighted by Gasteiger charge is -2.36. The molecule has 1 aromatic carbocycles. The summed E-state index contributed by atoms with van der Waals surface area (Å²) in [6, 6.07) is 3.89. The van der Waals surface area contributed by atoms with Gasteiger partial charge in [-0.05, 0) is 60.3 Å². The molecule has 4 atom stereocenters. The Bertz CT molecular complexity index is 1320. The largest absolute Gasteiger partial charge is 0.391 e. The van der Waals surface area contributed by atoms with Gasteiger partial charge >= 0.3 is 0 Å². The molecule has 3 N–H and O–H groups in total. The van der Waals surface area contributed by atoms with E-state index in [-0.39, 0.29) is 43.2 Å². The third kappa shape index (κ3) is 6.64. The standard InChI is InChI=1S/C31H43FN4O4S/c1-17(21-10-9-19(13-22(21)29(3,4)5)24-18(2)33-16-41-24)34-26(38)23-14-20(37)15-36(23)27(39)25(30(6,7)8)35-28(40)31(32)11-12-31/h9-10,13,16-17,20,23,25,37H,11-12,14-15H2,1-8H3,(H,34,38)(H,35,40)/t17-,20+,23-,25+/m0/s1. The van der Waals surface area contributed by atoms with Crippen LogP contribution in [0.3, 0.4) is 0 Å². The van der Waals surface area contributed by atoms with E-state index in [0.717, 1.165) is 27.3 Å². The summed E-state index contributed by atoms with van der Waals surface area (Å²) in [5.41, 5.74) is 3.05. The monoisotopic (exact) mass is 586 g/mol. The summed E-state index contributed by atoms with van der Waals surface area (Å²) >= 11 is 1.59. The first-order chi connectivity index (χ1) is 18.9. The number of amides is 3. The number of aliphatic hydroxyl groups excluding tert-OH is 1. The highest BCUT2D eigenvalue weighted by atomic mass is 32.1. The molecule has 1 saturated heterocycles. The number of alkyl halides is 1. The number of halogens is 1. The highest BCUT2D eigenvalue weighted by molar-refractivity contribution is 7.13. The van der Waals surface area contributed by atoms with E-state index in [1.54, 1.807) is 32.1 Å². The van der Waals surface area contributed by atoms with Crippen LogP contribution < -0.4 is 10.6 Å². The molecule has 0 spiro atoms. The smallest absolute Gasteiger partial charge is 0.258 e. The van der Waals surface area contributed by atoms with Crippen molar-refractivity contribution < 1.29 is 23.9 Å². The van der Waals surface area contributed by atoms with Gasteiger partial charge in [-0.3, -0.25) is 14.4 Å². The van der Waals surface area contributed by atoms with Crippen molar-refractivity contribution >= 4 is 29.1 Å². The third-order valence-corrected chi connectivity index (χ3v) is 9.02.